The number of carbonyl (C=O) groups excluding carboxylic acids is 1. The van der Waals surface area contributed by atoms with Crippen LogP contribution in [0.5, 0.6) is 5.75 Å². The van der Waals surface area contributed by atoms with Gasteiger partial charge in [-0.1, -0.05) is 6.07 Å². The molecule has 8 heteroatoms. The third-order valence-electron chi connectivity index (χ3n) is 3.15. The summed E-state index contributed by atoms with van der Waals surface area (Å²) in [5.74, 6) is 1.67. The zero-order valence-electron chi connectivity index (χ0n) is 12.2. The number of aldehydes is 1. The molecule has 1 aromatic carbocycles. The van der Waals surface area contributed by atoms with E-state index in [-0.39, 0.29) is 11.3 Å². The molecular weight excluding hydrogens is 316 g/mol. The van der Waals surface area contributed by atoms with Gasteiger partial charge in [0.25, 0.3) is 0 Å². The molecule has 0 fully saturated rings. The van der Waals surface area contributed by atoms with Gasteiger partial charge in [0, 0.05) is 0 Å². The number of phenolic OH excluding ortho intramolecular Hbond substituents is 1. The molecule has 2 heterocycles. The number of benzene rings is 1. The van der Waals surface area contributed by atoms with Gasteiger partial charge >= 0.3 is 0 Å². The summed E-state index contributed by atoms with van der Waals surface area (Å²) in [6, 6.07) is 6.79. The third kappa shape index (κ3) is 3.32. The van der Waals surface area contributed by atoms with Crippen molar-refractivity contribution in [1.82, 2.24) is 8.75 Å². The summed E-state index contributed by atoms with van der Waals surface area (Å²) in [6.45, 7) is 2.42. The average Bonchev–Trinajstić information content (AvgIpc) is 3.16. The van der Waals surface area contributed by atoms with Gasteiger partial charge in [-0.15, -0.1) is 0 Å². The van der Waals surface area contributed by atoms with Crippen molar-refractivity contribution in [1.29, 1.82) is 0 Å². The van der Waals surface area contributed by atoms with E-state index in [1.807, 2.05) is 13.0 Å². The average molecular weight is 330 g/mol. The second kappa shape index (κ2) is 6.49. The predicted octanol–water partition coefficient (Wildman–Crippen LogP) is 3.31. The first-order valence-electron chi connectivity index (χ1n) is 6.82. The molecule has 3 N–H and O–H groups in total. The number of aryl methyl sites for hydroxylation is 1. The molecule has 0 bridgehead atoms. The number of furan rings is 1. The van der Waals surface area contributed by atoms with E-state index in [0.29, 0.717) is 30.2 Å². The van der Waals surface area contributed by atoms with E-state index < -0.39 is 0 Å². The lowest BCUT2D eigenvalue weighted by atomic mass is 10.2. The number of para-hydroxylation sites is 1. The zero-order valence-corrected chi connectivity index (χ0v) is 13.1. The number of rotatable bonds is 6. The topological polar surface area (TPSA) is 100 Å². The van der Waals surface area contributed by atoms with Crippen molar-refractivity contribution < 1.29 is 14.3 Å². The summed E-state index contributed by atoms with van der Waals surface area (Å²) in [4.78, 5) is 10.9. The maximum absolute atomic E-state index is 10.9. The van der Waals surface area contributed by atoms with Crippen LogP contribution in [-0.4, -0.2) is 20.1 Å². The van der Waals surface area contributed by atoms with Gasteiger partial charge in [0.1, 0.15) is 11.5 Å². The molecule has 0 aliphatic rings. The molecule has 23 heavy (non-hydrogen) atoms. The van der Waals surface area contributed by atoms with Crippen molar-refractivity contribution >= 4 is 35.3 Å². The van der Waals surface area contributed by atoms with Gasteiger partial charge < -0.3 is 20.2 Å². The first kappa shape index (κ1) is 15.0. The fourth-order valence-electron chi connectivity index (χ4n) is 2.03. The second-order valence-corrected chi connectivity index (χ2v) is 5.42. The lowest BCUT2D eigenvalue weighted by molar-refractivity contribution is 0.112. The van der Waals surface area contributed by atoms with E-state index in [4.69, 9.17) is 4.42 Å². The van der Waals surface area contributed by atoms with Gasteiger partial charge in [-0.3, -0.25) is 4.79 Å². The molecule has 3 rings (SSSR count). The van der Waals surface area contributed by atoms with Crippen LogP contribution < -0.4 is 10.6 Å². The Hall–Kier alpha value is -2.87. The fraction of sp³-hybridized carbons (Fsp3) is 0.133. The Morgan fingerprint density at radius 3 is 2.91 bits per heavy atom. The standard InChI is InChI=1S/C15H14N4O3S/c1-9-5-11(22-8-9)6-16-14-15(19-23-18-14)17-12-4-2-3-10(7-20)13(12)21/h2-5,7-8,21H,6H2,1H3,(H,16,18)(H,17,19). The van der Waals surface area contributed by atoms with Gasteiger partial charge in [0.2, 0.25) is 0 Å². The van der Waals surface area contributed by atoms with Gasteiger partial charge in [0.15, 0.2) is 17.9 Å². The molecule has 118 valence electrons. The van der Waals surface area contributed by atoms with Crippen molar-refractivity contribution in [3.05, 3.63) is 47.4 Å². The normalized spacial score (nSPS) is 10.5. The van der Waals surface area contributed by atoms with Crippen molar-refractivity contribution in [2.45, 2.75) is 13.5 Å². The Morgan fingerprint density at radius 1 is 1.35 bits per heavy atom. The molecule has 0 unspecified atom stereocenters. The van der Waals surface area contributed by atoms with Crippen LogP contribution in [0.1, 0.15) is 21.7 Å². The number of anilines is 3. The van der Waals surface area contributed by atoms with Gasteiger partial charge in [-0.05, 0) is 30.7 Å². The summed E-state index contributed by atoms with van der Waals surface area (Å²) in [5.41, 5.74) is 1.64. The maximum Gasteiger partial charge on any atom is 0.188 e. The first-order chi connectivity index (χ1) is 11.2. The summed E-state index contributed by atoms with van der Waals surface area (Å²) in [7, 11) is 0. The fourth-order valence-corrected chi connectivity index (χ4v) is 2.51. The van der Waals surface area contributed by atoms with Crippen molar-refractivity contribution in [3.63, 3.8) is 0 Å². The van der Waals surface area contributed by atoms with E-state index >= 15 is 0 Å². The highest BCUT2D eigenvalue weighted by molar-refractivity contribution is 6.99. The molecule has 7 nitrogen and oxygen atoms in total. The van der Waals surface area contributed by atoms with Crippen LogP contribution in [0.4, 0.5) is 17.3 Å². The monoisotopic (exact) mass is 330 g/mol. The van der Waals surface area contributed by atoms with Crippen molar-refractivity contribution in [2.24, 2.45) is 0 Å². The lowest BCUT2D eigenvalue weighted by Gasteiger charge is -2.09. The van der Waals surface area contributed by atoms with E-state index in [2.05, 4.69) is 19.4 Å². The number of aromatic hydroxyl groups is 1. The van der Waals surface area contributed by atoms with Crippen LogP contribution in [0.2, 0.25) is 0 Å². The predicted molar refractivity (Wildman–Crippen MR) is 87.5 cm³/mol. The Balaban J connectivity index is 1.75. The summed E-state index contributed by atoms with van der Waals surface area (Å²) in [6.07, 6.45) is 2.27. The molecule has 0 amide bonds. The highest BCUT2D eigenvalue weighted by Crippen LogP contribution is 2.31. The highest BCUT2D eigenvalue weighted by atomic mass is 32.1. The Kier molecular flexibility index (Phi) is 4.24. The largest absolute Gasteiger partial charge is 0.505 e. The number of phenols is 1. The molecule has 0 spiro atoms. The minimum Gasteiger partial charge on any atom is -0.505 e. The number of carbonyl (C=O) groups is 1. The quantitative estimate of drug-likeness (QED) is 0.471. The van der Waals surface area contributed by atoms with E-state index in [1.165, 1.54) is 6.07 Å². The summed E-state index contributed by atoms with van der Waals surface area (Å²) < 4.78 is 13.7. The molecule has 0 aliphatic heterocycles. The van der Waals surface area contributed by atoms with Crippen LogP contribution in [0.3, 0.4) is 0 Å². The van der Waals surface area contributed by atoms with Crippen LogP contribution in [0.25, 0.3) is 0 Å². The van der Waals surface area contributed by atoms with Crippen molar-refractivity contribution in [3.8, 4) is 5.75 Å². The number of hydrogen-bond donors (Lipinski definition) is 3. The lowest BCUT2D eigenvalue weighted by Crippen LogP contribution is -2.02. The molecule has 0 atom stereocenters. The molecular formula is C15H14N4O3S. The van der Waals surface area contributed by atoms with E-state index in [0.717, 1.165) is 23.1 Å². The highest BCUT2D eigenvalue weighted by Gasteiger charge is 2.12. The Labute approximate surface area is 136 Å². The van der Waals surface area contributed by atoms with Gasteiger partial charge in [0.05, 0.1) is 35.8 Å². The Bertz CT molecular complexity index is 828. The molecule has 0 saturated heterocycles. The van der Waals surface area contributed by atoms with E-state index in [9.17, 15) is 9.90 Å². The van der Waals surface area contributed by atoms with Crippen LogP contribution in [0, 0.1) is 6.92 Å². The van der Waals surface area contributed by atoms with E-state index in [1.54, 1.807) is 18.4 Å². The number of aromatic nitrogens is 2. The third-order valence-corrected chi connectivity index (χ3v) is 3.68. The number of nitrogens with zero attached hydrogens (tertiary/aromatic N) is 2. The molecule has 0 saturated carbocycles. The smallest absolute Gasteiger partial charge is 0.188 e. The second-order valence-electron chi connectivity index (χ2n) is 4.89. The van der Waals surface area contributed by atoms with Crippen LogP contribution in [0.15, 0.2) is 34.9 Å². The maximum atomic E-state index is 10.9. The first-order valence-corrected chi connectivity index (χ1v) is 7.55. The minimum atomic E-state index is -0.122. The van der Waals surface area contributed by atoms with Gasteiger partial charge in [-0.2, -0.15) is 8.75 Å². The molecule has 0 aliphatic carbocycles. The summed E-state index contributed by atoms with van der Waals surface area (Å²) >= 11 is 1.03. The molecule has 3 aromatic rings. The SMILES string of the molecule is Cc1coc(CNc2nsnc2Nc2cccc(C=O)c2O)c1. The number of nitrogens with one attached hydrogen (secondary N) is 2. The molecule has 0 radical (unpaired) electrons. The molecule has 2 aromatic heterocycles. The zero-order chi connectivity index (χ0) is 16.2. The van der Waals surface area contributed by atoms with Gasteiger partial charge in [-0.25, -0.2) is 0 Å². The van der Waals surface area contributed by atoms with Crippen LogP contribution in [-0.2, 0) is 6.54 Å². The summed E-state index contributed by atoms with van der Waals surface area (Å²) in [5, 5.41) is 16.1. The van der Waals surface area contributed by atoms with Crippen LogP contribution >= 0.6 is 11.7 Å². The minimum absolute atomic E-state index is 0.122. The van der Waals surface area contributed by atoms with Crippen molar-refractivity contribution in [2.75, 3.05) is 10.6 Å². The Morgan fingerprint density at radius 2 is 2.17 bits per heavy atom. The number of hydrogen-bond acceptors (Lipinski definition) is 8.